The third-order valence-electron chi connectivity index (χ3n) is 4.25. The fourth-order valence-corrected chi connectivity index (χ4v) is 2.86. The van der Waals surface area contributed by atoms with Gasteiger partial charge in [-0.2, -0.15) is 0 Å². The van der Waals surface area contributed by atoms with Gasteiger partial charge in [-0.3, -0.25) is 0 Å². The summed E-state index contributed by atoms with van der Waals surface area (Å²) in [5.74, 6) is 0. The Labute approximate surface area is 110 Å². The topological polar surface area (TPSA) is 29.5 Å². The SMILES string of the molecule is CCC1(C)CC(O)(Cc2ccccc2C)CCO1. The van der Waals surface area contributed by atoms with Gasteiger partial charge in [0.15, 0.2) is 0 Å². The number of aliphatic hydroxyl groups is 1. The Kier molecular flexibility index (Phi) is 3.79. The second-order valence-corrected chi connectivity index (χ2v) is 5.91. The van der Waals surface area contributed by atoms with Gasteiger partial charge in [0, 0.05) is 12.8 Å². The highest BCUT2D eigenvalue weighted by Gasteiger charge is 2.41. The average Bonchev–Trinajstić information content (AvgIpc) is 2.32. The highest BCUT2D eigenvalue weighted by Crippen LogP contribution is 2.36. The van der Waals surface area contributed by atoms with E-state index in [1.165, 1.54) is 11.1 Å². The second kappa shape index (κ2) is 5.02. The Hall–Kier alpha value is -0.860. The normalized spacial score (nSPS) is 32.4. The summed E-state index contributed by atoms with van der Waals surface area (Å²) >= 11 is 0. The number of hydrogen-bond donors (Lipinski definition) is 1. The molecule has 0 bridgehead atoms. The van der Waals surface area contributed by atoms with Crippen LogP contribution in [-0.4, -0.2) is 22.9 Å². The predicted octanol–water partition coefficient (Wildman–Crippen LogP) is 3.25. The summed E-state index contributed by atoms with van der Waals surface area (Å²) < 4.78 is 5.82. The van der Waals surface area contributed by atoms with Crippen molar-refractivity contribution in [2.45, 2.75) is 57.7 Å². The fraction of sp³-hybridized carbons (Fsp3) is 0.625. The first-order valence-corrected chi connectivity index (χ1v) is 6.87. The van der Waals surface area contributed by atoms with E-state index in [0.29, 0.717) is 6.61 Å². The van der Waals surface area contributed by atoms with E-state index >= 15 is 0 Å². The van der Waals surface area contributed by atoms with Crippen LogP contribution in [0.15, 0.2) is 24.3 Å². The van der Waals surface area contributed by atoms with Gasteiger partial charge < -0.3 is 9.84 Å². The largest absolute Gasteiger partial charge is 0.389 e. The summed E-state index contributed by atoms with van der Waals surface area (Å²) in [7, 11) is 0. The zero-order valence-corrected chi connectivity index (χ0v) is 11.7. The van der Waals surface area contributed by atoms with Crippen molar-refractivity contribution in [2.75, 3.05) is 6.61 Å². The second-order valence-electron chi connectivity index (χ2n) is 5.91. The molecule has 1 saturated heterocycles. The quantitative estimate of drug-likeness (QED) is 0.889. The maximum Gasteiger partial charge on any atom is 0.0737 e. The average molecular weight is 248 g/mol. The van der Waals surface area contributed by atoms with Crippen LogP contribution in [0.5, 0.6) is 0 Å². The van der Waals surface area contributed by atoms with Crippen molar-refractivity contribution >= 4 is 0 Å². The van der Waals surface area contributed by atoms with Crippen molar-refractivity contribution in [3.63, 3.8) is 0 Å². The molecule has 2 heteroatoms. The van der Waals surface area contributed by atoms with Crippen LogP contribution in [0.1, 0.15) is 44.2 Å². The summed E-state index contributed by atoms with van der Waals surface area (Å²) in [6.07, 6.45) is 3.14. The number of aryl methyl sites for hydroxylation is 1. The molecule has 100 valence electrons. The molecule has 2 rings (SSSR count). The molecule has 0 amide bonds. The first kappa shape index (κ1) is 13.6. The van der Waals surface area contributed by atoms with Crippen LogP contribution >= 0.6 is 0 Å². The van der Waals surface area contributed by atoms with Crippen molar-refractivity contribution in [2.24, 2.45) is 0 Å². The minimum Gasteiger partial charge on any atom is -0.389 e. The third-order valence-corrected chi connectivity index (χ3v) is 4.25. The van der Waals surface area contributed by atoms with Crippen LogP contribution in [0.25, 0.3) is 0 Å². The van der Waals surface area contributed by atoms with E-state index in [1.807, 2.05) is 12.1 Å². The Morgan fingerprint density at radius 1 is 1.33 bits per heavy atom. The van der Waals surface area contributed by atoms with Crippen molar-refractivity contribution in [3.8, 4) is 0 Å². The van der Waals surface area contributed by atoms with Crippen molar-refractivity contribution in [3.05, 3.63) is 35.4 Å². The molecule has 2 nitrogen and oxygen atoms in total. The van der Waals surface area contributed by atoms with E-state index in [2.05, 4.69) is 32.9 Å². The summed E-state index contributed by atoms with van der Waals surface area (Å²) in [6.45, 7) is 7.00. The molecular weight excluding hydrogens is 224 g/mol. The van der Waals surface area contributed by atoms with Crippen LogP contribution in [0.3, 0.4) is 0 Å². The lowest BCUT2D eigenvalue weighted by atomic mass is 9.78. The highest BCUT2D eigenvalue weighted by molar-refractivity contribution is 5.27. The van der Waals surface area contributed by atoms with E-state index in [0.717, 1.165) is 25.7 Å². The Morgan fingerprint density at radius 3 is 2.72 bits per heavy atom. The zero-order valence-electron chi connectivity index (χ0n) is 11.7. The summed E-state index contributed by atoms with van der Waals surface area (Å²) in [4.78, 5) is 0. The zero-order chi connectivity index (χ0) is 13.2. The lowest BCUT2D eigenvalue weighted by Gasteiger charge is -2.43. The van der Waals surface area contributed by atoms with Crippen LogP contribution < -0.4 is 0 Å². The van der Waals surface area contributed by atoms with Gasteiger partial charge >= 0.3 is 0 Å². The van der Waals surface area contributed by atoms with Crippen LogP contribution in [0, 0.1) is 6.92 Å². The van der Waals surface area contributed by atoms with Crippen molar-refractivity contribution in [1.29, 1.82) is 0 Å². The Morgan fingerprint density at radius 2 is 2.06 bits per heavy atom. The molecule has 0 radical (unpaired) electrons. The van der Waals surface area contributed by atoms with Gasteiger partial charge in [0.25, 0.3) is 0 Å². The van der Waals surface area contributed by atoms with Crippen LogP contribution in [0.4, 0.5) is 0 Å². The number of hydrogen-bond acceptors (Lipinski definition) is 2. The first-order valence-electron chi connectivity index (χ1n) is 6.87. The molecule has 1 aromatic carbocycles. The third kappa shape index (κ3) is 2.93. The molecule has 1 heterocycles. The van der Waals surface area contributed by atoms with Gasteiger partial charge in [0.05, 0.1) is 17.8 Å². The van der Waals surface area contributed by atoms with Gasteiger partial charge in [0.1, 0.15) is 0 Å². The summed E-state index contributed by atoms with van der Waals surface area (Å²) in [5.41, 5.74) is 1.72. The molecule has 0 saturated carbocycles. The smallest absolute Gasteiger partial charge is 0.0737 e. The van der Waals surface area contributed by atoms with E-state index < -0.39 is 5.60 Å². The molecule has 1 N–H and O–H groups in total. The first-order chi connectivity index (χ1) is 8.46. The van der Waals surface area contributed by atoms with Gasteiger partial charge in [-0.1, -0.05) is 31.2 Å². The van der Waals surface area contributed by atoms with E-state index in [-0.39, 0.29) is 5.60 Å². The molecule has 1 aromatic rings. The van der Waals surface area contributed by atoms with E-state index in [9.17, 15) is 5.11 Å². The van der Waals surface area contributed by atoms with Crippen LogP contribution in [0.2, 0.25) is 0 Å². The lowest BCUT2D eigenvalue weighted by molar-refractivity contribution is -0.152. The standard InChI is InChI=1S/C16H24O2/c1-4-15(3)12-16(17,9-10-18-15)11-14-8-6-5-7-13(14)2/h5-8,17H,4,9-12H2,1-3H3. The van der Waals surface area contributed by atoms with Gasteiger partial charge in [-0.05, 0) is 37.8 Å². The molecule has 0 aliphatic carbocycles. The maximum absolute atomic E-state index is 10.8. The van der Waals surface area contributed by atoms with Gasteiger partial charge in [-0.25, -0.2) is 0 Å². The predicted molar refractivity (Wildman–Crippen MR) is 73.7 cm³/mol. The molecule has 0 aromatic heterocycles. The van der Waals surface area contributed by atoms with E-state index in [4.69, 9.17) is 4.74 Å². The lowest BCUT2D eigenvalue weighted by Crippen LogP contribution is -2.48. The van der Waals surface area contributed by atoms with Crippen molar-refractivity contribution in [1.82, 2.24) is 0 Å². The minimum absolute atomic E-state index is 0.171. The molecule has 18 heavy (non-hydrogen) atoms. The monoisotopic (exact) mass is 248 g/mol. The summed E-state index contributed by atoms with van der Waals surface area (Å²) in [6, 6.07) is 8.32. The molecule has 0 spiro atoms. The number of ether oxygens (including phenoxy) is 1. The van der Waals surface area contributed by atoms with E-state index in [1.54, 1.807) is 0 Å². The number of benzene rings is 1. The number of rotatable bonds is 3. The highest BCUT2D eigenvalue weighted by atomic mass is 16.5. The fourth-order valence-electron chi connectivity index (χ4n) is 2.86. The summed E-state index contributed by atoms with van der Waals surface area (Å²) in [5, 5.41) is 10.8. The molecule has 1 fully saturated rings. The van der Waals surface area contributed by atoms with Crippen molar-refractivity contribution < 1.29 is 9.84 Å². The molecule has 1 aliphatic heterocycles. The molecule has 1 aliphatic rings. The van der Waals surface area contributed by atoms with Gasteiger partial charge in [-0.15, -0.1) is 0 Å². The Bertz CT molecular complexity index is 415. The van der Waals surface area contributed by atoms with Gasteiger partial charge in [0.2, 0.25) is 0 Å². The minimum atomic E-state index is -0.616. The molecular formula is C16H24O2. The molecule has 2 unspecified atom stereocenters. The Balaban J connectivity index is 2.15. The van der Waals surface area contributed by atoms with Crippen LogP contribution in [-0.2, 0) is 11.2 Å². The maximum atomic E-state index is 10.8. The molecule has 2 atom stereocenters.